The lowest BCUT2D eigenvalue weighted by atomic mass is 10.0. The largest absolute Gasteiger partial charge is 0.341 e. The van der Waals surface area contributed by atoms with Gasteiger partial charge in [0.15, 0.2) is 6.29 Å². The first kappa shape index (κ1) is 18.2. The van der Waals surface area contributed by atoms with Crippen LogP contribution in [0.25, 0.3) is 17.2 Å². The number of benzene rings is 2. The molecule has 23 heavy (non-hydrogen) atoms. The Morgan fingerprint density at radius 3 is 2.00 bits per heavy atom. The molecule has 2 rings (SSSR count). The molecule has 4 nitrogen and oxygen atoms in total. The number of aldehydes is 1. The van der Waals surface area contributed by atoms with E-state index in [0.29, 0.717) is 6.29 Å². The zero-order valence-electron chi connectivity index (χ0n) is 13.7. The first-order valence-corrected chi connectivity index (χ1v) is 7.54. The quantitative estimate of drug-likeness (QED) is 0.665. The van der Waals surface area contributed by atoms with Gasteiger partial charge in [0.1, 0.15) is 0 Å². The molecule has 120 valence electrons. The van der Waals surface area contributed by atoms with Crippen LogP contribution in [0.1, 0.15) is 19.4 Å². The van der Waals surface area contributed by atoms with Crippen LogP contribution < -0.4 is 10.6 Å². The SMILES string of the molecule is CC.CNC(=O)N/C(C=O)=C\c1ccc(-c2ccccc2)cc1. The second kappa shape index (κ2) is 9.95. The predicted molar refractivity (Wildman–Crippen MR) is 94.9 cm³/mol. The van der Waals surface area contributed by atoms with E-state index in [4.69, 9.17) is 0 Å². The van der Waals surface area contributed by atoms with E-state index >= 15 is 0 Å². The molecule has 0 radical (unpaired) electrons. The highest BCUT2D eigenvalue weighted by Crippen LogP contribution is 2.19. The van der Waals surface area contributed by atoms with Crippen LogP contribution in [0.5, 0.6) is 0 Å². The Bertz CT molecular complexity index is 647. The van der Waals surface area contributed by atoms with Crippen molar-refractivity contribution < 1.29 is 9.59 Å². The van der Waals surface area contributed by atoms with E-state index < -0.39 is 6.03 Å². The molecule has 0 aliphatic carbocycles. The van der Waals surface area contributed by atoms with Crippen LogP contribution in [0.3, 0.4) is 0 Å². The summed E-state index contributed by atoms with van der Waals surface area (Å²) < 4.78 is 0. The molecule has 0 aliphatic heterocycles. The number of nitrogens with one attached hydrogen (secondary N) is 2. The average Bonchev–Trinajstić information content (AvgIpc) is 2.64. The molecule has 0 saturated heterocycles. The van der Waals surface area contributed by atoms with E-state index in [1.54, 1.807) is 6.08 Å². The van der Waals surface area contributed by atoms with E-state index in [9.17, 15) is 9.59 Å². The molecule has 0 heterocycles. The number of amides is 2. The summed E-state index contributed by atoms with van der Waals surface area (Å²) >= 11 is 0. The van der Waals surface area contributed by atoms with E-state index in [0.717, 1.165) is 16.7 Å². The molecule has 2 aromatic carbocycles. The smallest absolute Gasteiger partial charge is 0.319 e. The predicted octanol–water partition coefficient (Wildman–Crippen LogP) is 3.85. The highest BCUT2D eigenvalue weighted by molar-refractivity contribution is 5.89. The Morgan fingerprint density at radius 2 is 1.48 bits per heavy atom. The summed E-state index contributed by atoms with van der Waals surface area (Å²) in [5.41, 5.74) is 3.28. The molecule has 2 amide bonds. The van der Waals surface area contributed by atoms with E-state index in [1.165, 1.54) is 7.05 Å². The average molecular weight is 310 g/mol. The van der Waals surface area contributed by atoms with E-state index in [2.05, 4.69) is 10.6 Å². The van der Waals surface area contributed by atoms with Crippen LogP contribution in [-0.4, -0.2) is 19.4 Å². The highest BCUT2D eigenvalue weighted by atomic mass is 16.2. The lowest BCUT2D eigenvalue weighted by molar-refractivity contribution is -0.105. The van der Waals surface area contributed by atoms with Crippen LogP contribution in [0.4, 0.5) is 4.79 Å². The second-order valence-electron chi connectivity index (χ2n) is 4.41. The van der Waals surface area contributed by atoms with Gasteiger partial charge in [0, 0.05) is 7.05 Å². The maximum absolute atomic E-state index is 11.2. The molecular weight excluding hydrogens is 288 g/mol. The molecule has 0 unspecified atom stereocenters. The van der Waals surface area contributed by atoms with Gasteiger partial charge < -0.3 is 10.6 Å². The molecule has 0 saturated carbocycles. The first-order valence-electron chi connectivity index (χ1n) is 7.54. The number of rotatable bonds is 4. The fourth-order valence-corrected chi connectivity index (χ4v) is 1.88. The summed E-state index contributed by atoms with van der Waals surface area (Å²) in [4.78, 5) is 22.1. The van der Waals surface area contributed by atoms with Gasteiger partial charge in [-0.25, -0.2) is 4.79 Å². The molecule has 0 bridgehead atoms. The summed E-state index contributed by atoms with van der Waals surface area (Å²) in [5.74, 6) is 0. The number of carbonyl (C=O) groups excluding carboxylic acids is 2. The lowest BCUT2D eigenvalue weighted by Gasteiger charge is -2.04. The van der Waals surface area contributed by atoms with Crippen molar-refractivity contribution in [2.75, 3.05) is 7.05 Å². The number of hydrogen-bond donors (Lipinski definition) is 2. The summed E-state index contributed by atoms with van der Waals surface area (Å²) in [6, 6.07) is 17.4. The van der Waals surface area contributed by atoms with Crippen LogP contribution >= 0.6 is 0 Å². The van der Waals surface area contributed by atoms with Gasteiger partial charge in [-0.3, -0.25) is 4.79 Å². The first-order chi connectivity index (χ1) is 11.2. The summed E-state index contributed by atoms with van der Waals surface area (Å²) in [7, 11) is 1.49. The Kier molecular flexibility index (Phi) is 7.86. The second-order valence-corrected chi connectivity index (χ2v) is 4.41. The van der Waals surface area contributed by atoms with E-state index in [-0.39, 0.29) is 5.70 Å². The van der Waals surface area contributed by atoms with Crippen molar-refractivity contribution in [1.82, 2.24) is 10.6 Å². The lowest BCUT2D eigenvalue weighted by Crippen LogP contribution is -2.32. The van der Waals surface area contributed by atoms with Gasteiger partial charge in [-0.1, -0.05) is 68.4 Å². The fourth-order valence-electron chi connectivity index (χ4n) is 1.88. The van der Waals surface area contributed by atoms with Crippen LogP contribution in [0.15, 0.2) is 60.3 Å². The van der Waals surface area contributed by atoms with Gasteiger partial charge in [0.2, 0.25) is 0 Å². The molecule has 0 aromatic heterocycles. The van der Waals surface area contributed by atoms with Crippen molar-refractivity contribution in [3.8, 4) is 11.1 Å². The van der Waals surface area contributed by atoms with Crippen molar-refractivity contribution in [3.63, 3.8) is 0 Å². The van der Waals surface area contributed by atoms with Crippen molar-refractivity contribution in [3.05, 3.63) is 65.9 Å². The van der Waals surface area contributed by atoms with Crippen molar-refractivity contribution >= 4 is 18.4 Å². The normalized spacial score (nSPS) is 10.1. The maximum Gasteiger partial charge on any atom is 0.319 e. The molecule has 2 N–H and O–H groups in total. The molecule has 4 heteroatoms. The Morgan fingerprint density at radius 1 is 0.913 bits per heavy atom. The fraction of sp³-hybridized carbons (Fsp3) is 0.158. The summed E-state index contributed by atoms with van der Waals surface area (Å²) in [6.45, 7) is 4.00. The van der Waals surface area contributed by atoms with Gasteiger partial charge in [-0.2, -0.15) is 0 Å². The van der Waals surface area contributed by atoms with Crippen molar-refractivity contribution in [1.29, 1.82) is 0 Å². The van der Waals surface area contributed by atoms with Gasteiger partial charge in [-0.05, 0) is 22.8 Å². The zero-order valence-corrected chi connectivity index (χ0v) is 13.7. The molecule has 0 fully saturated rings. The topological polar surface area (TPSA) is 58.2 Å². The Labute approximate surface area is 137 Å². The standard InChI is InChI=1S/C17H16N2O2.C2H6/c1-18-17(21)19-16(12-20)11-13-7-9-15(10-8-13)14-5-3-2-4-6-14;1-2/h2-12H,1H3,(H2,18,19,21);1-2H3/b16-11-;. The summed E-state index contributed by atoms with van der Waals surface area (Å²) in [6.07, 6.45) is 2.23. The maximum atomic E-state index is 11.2. The molecular formula is C19H22N2O2. The third kappa shape index (κ3) is 5.79. The van der Waals surface area contributed by atoms with Gasteiger partial charge >= 0.3 is 6.03 Å². The molecule has 0 atom stereocenters. The highest BCUT2D eigenvalue weighted by Gasteiger charge is 2.01. The third-order valence-corrected chi connectivity index (χ3v) is 2.95. The van der Waals surface area contributed by atoms with Gasteiger partial charge in [0.05, 0.1) is 5.70 Å². The third-order valence-electron chi connectivity index (χ3n) is 2.95. The Balaban J connectivity index is 0.00000127. The van der Waals surface area contributed by atoms with Gasteiger partial charge in [0.25, 0.3) is 0 Å². The minimum Gasteiger partial charge on any atom is -0.341 e. The monoisotopic (exact) mass is 310 g/mol. The number of hydrogen-bond acceptors (Lipinski definition) is 2. The van der Waals surface area contributed by atoms with Crippen LogP contribution in [0, 0.1) is 0 Å². The van der Waals surface area contributed by atoms with E-state index in [1.807, 2.05) is 68.4 Å². The molecule has 0 aliphatic rings. The van der Waals surface area contributed by atoms with Gasteiger partial charge in [-0.15, -0.1) is 0 Å². The van der Waals surface area contributed by atoms with Crippen LogP contribution in [0.2, 0.25) is 0 Å². The molecule has 2 aromatic rings. The number of allylic oxidation sites excluding steroid dienone is 1. The minimum atomic E-state index is -0.422. The van der Waals surface area contributed by atoms with Crippen LogP contribution in [-0.2, 0) is 4.79 Å². The molecule has 0 spiro atoms. The number of urea groups is 1. The van der Waals surface area contributed by atoms with Crippen molar-refractivity contribution in [2.45, 2.75) is 13.8 Å². The number of carbonyl (C=O) groups is 2. The minimum absolute atomic E-state index is 0.210. The zero-order chi connectivity index (χ0) is 17.1. The summed E-state index contributed by atoms with van der Waals surface area (Å²) in [5, 5.41) is 4.85. The Hall–Kier alpha value is -2.88. The van der Waals surface area contributed by atoms with Crippen molar-refractivity contribution in [2.24, 2.45) is 0 Å².